The van der Waals surface area contributed by atoms with Gasteiger partial charge >= 0.3 is 5.97 Å². The third-order valence-electron chi connectivity index (χ3n) is 1.24. The van der Waals surface area contributed by atoms with Crippen LogP contribution in [0, 0.1) is 0 Å². The molecule has 4 nitrogen and oxygen atoms in total. The second-order valence-corrected chi connectivity index (χ2v) is 2.29. The van der Waals surface area contributed by atoms with Crippen LogP contribution in [0.2, 0.25) is 0 Å². The molecule has 0 heterocycles. The molecule has 0 aromatic carbocycles. The molecule has 1 atom stereocenters. The van der Waals surface area contributed by atoms with Crippen LogP contribution >= 0.6 is 0 Å². The Morgan fingerprint density at radius 2 is 2.23 bits per heavy atom. The Bertz CT molecular complexity index is 165. The van der Waals surface area contributed by atoms with Crippen LogP contribution in [0.15, 0.2) is 12.2 Å². The van der Waals surface area contributed by atoms with E-state index in [2.05, 4.69) is 4.74 Å². The van der Waals surface area contributed by atoms with Crippen molar-refractivity contribution in [1.82, 2.24) is 0 Å². The summed E-state index contributed by atoms with van der Waals surface area (Å²) in [6.45, 7) is 4.08. The smallest absolute Gasteiger partial charge is 0.302 e. The summed E-state index contributed by atoms with van der Waals surface area (Å²) in [5.74, 6) is -0.296. The number of carbonyl (C=O) groups excluding carboxylic acids is 1. The van der Waals surface area contributed by atoms with Gasteiger partial charge in [0.15, 0.2) is 6.29 Å². The molecule has 0 fully saturated rings. The zero-order chi connectivity index (χ0) is 10.1. The molecule has 0 saturated heterocycles. The normalized spacial score (nSPS) is 13.2. The lowest BCUT2D eigenvalue weighted by Crippen LogP contribution is -2.12. The van der Waals surface area contributed by atoms with E-state index in [-0.39, 0.29) is 18.9 Å². The molecule has 4 heteroatoms. The van der Waals surface area contributed by atoms with Gasteiger partial charge in [-0.1, -0.05) is 0 Å². The van der Waals surface area contributed by atoms with Crippen LogP contribution in [-0.2, 0) is 19.0 Å². The van der Waals surface area contributed by atoms with Gasteiger partial charge in [-0.25, -0.2) is 0 Å². The van der Waals surface area contributed by atoms with Gasteiger partial charge in [-0.3, -0.25) is 4.79 Å². The van der Waals surface area contributed by atoms with Gasteiger partial charge in [-0.15, -0.1) is 0 Å². The van der Waals surface area contributed by atoms with Gasteiger partial charge in [0, 0.05) is 20.6 Å². The van der Waals surface area contributed by atoms with E-state index in [4.69, 9.17) is 9.47 Å². The van der Waals surface area contributed by atoms with Gasteiger partial charge < -0.3 is 14.2 Å². The summed E-state index contributed by atoms with van der Waals surface area (Å²) < 4.78 is 14.8. The predicted molar refractivity (Wildman–Crippen MR) is 48.2 cm³/mol. The average molecular weight is 188 g/mol. The molecule has 0 radical (unpaired) electrons. The maximum absolute atomic E-state index is 10.4. The zero-order valence-electron chi connectivity index (χ0n) is 8.28. The maximum Gasteiger partial charge on any atom is 0.302 e. The molecule has 0 aliphatic carbocycles. The van der Waals surface area contributed by atoms with Crippen molar-refractivity contribution in [1.29, 1.82) is 0 Å². The van der Waals surface area contributed by atoms with Crippen molar-refractivity contribution in [2.75, 3.05) is 20.3 Å². The minimum Gasteiger partial charge on any atom is -0.462 e. The van der Waals surface area contributed by atoms with Crippen LogP contribution < -0.4 is 0 Å². The SMILES string of the molecule is CCOC(/C=C/COC(C)=O)OC. The van der Waals surface area contributed by atoms with Crippen LogP contribution in [0.3, 0.4) is 0 Å². The molecule has 0 bridgehead atoms. The maximum atomic E-state index is 10.4. The van der Waals surface area contributed by atoms with Gasteiger partial charge in [0.1, 0.15) is 6.61 Å². The molecule has 0 spiro atoms. The van der Waals surface area contributed by atoms with E-state index >= 15 is 0 Å². The number of esters is 1. The van der Waals surface area contributed by atoms with E-state index < -0.39 is 0 Å². The number of hydrogen-bond donors (Lipinski definition) is 0. The van der Waals surface area contributed by atoms with Gasteiger partial charge in [-0.05, 0) is 19.1 Å². The third kappa shape index (κ3) is 7.49. The summed E-state index contributed by atoms with van der Waals surface area (Å²) in [5.41, 5.74) is 0. The minimum absolute atomic E-state index is 0.252. The Kier molecular flexibility index (Phi) is 7.24. The minimum atomic E-state index is -0.361. The molecule has 0 aromatic heterocycles. The van der Waals surface area contributed by atoms with E-state index in [0.717, 1.165) is 0 Å². The molecule has 0 aromatic rings. The predicted octanol–water partition coefficient (Wildman–Crippen LogP) is 1.11. The lowest BCUT2D eigenvalue weighted by molar-refractivity contribution is -0.139. The highest BCUT2D eigenvalue weighted by Crippen LogP contribution is 1.94. The Balaban J connectivity index is 3.60. The van der Waals surface area contributed by atoms with Crippen LogP contribution in [0.5, 0.6) is 0 Å². The van der Waals surface area contributed by atoms with Crippen molar-refractivity contribution in [3.8, 4) is 0 Å². The first kappa shape index (κ1) is 12.1. The monoisotopic (exact) mass is 188 g/mol. The highest BCUT2D eigenvalue weighted by atomic mass is 16.7. The first-order valence-electron chi connectivity index (χ1n) is 4.15. The fourth-order valence-corrected chi connectivity index (χ4v) is 0.699. The Labute approximate surface area is 78.5 Å². The van der Waals surface area contributed by atoms with Gasteiger partial charge in [0.05, 0.1) is 0 Å². The number of rotatable bonds is 6. The molecule has 13 heavy (non-hydrogen) atoms. The second-order valence-electron chi connectivity index (χ2n) is 2.29. The first-order valence-corrected chi connectivity index (χ1v) is 4.15. The molecule has 0 rings (SSSR count). The van der Waals surface area contributed by atoms with E-state index in [9.17, 15) is 4.79 Å². The summed E-state index contributed by atoms with van der Waals surface area (Å²) in [4.78, 5) is 10.4. The fraction of sp³-hybridized carbons (Fsp3) is 0.667. The van der Waals surface area contributed by atoms with Gasteiger partial charge in [0.2, 0.25) is 0 Å². The van der Waals surface area contributed by atoms with Crippen molar-refractivity contribution >= 4 is 5.97 Å². The van der Waals surface area contributed by atoms with Crippen LogP contribution in [-0.4, -0.2) is 32.6 Å². The van der Waals surface area contributed by atoms with E-state index in [0.29, 0.717) is 6.61 Å². The standard InChI is InChI=1S/C9H16O4/c1-4-12-9(11-3)6-5-7-13-8(2)10/h5-6,9H,4,7H2,1-3H3/b6-5+. The number of methoxy groups -OCH3 is 1. The van der Waals surface area contributed by atoms with E-state index in [1.165, 1.54) is 6.92 Å². The molecule has 0 aliphatic heterocycles. The summed E-state index contributed by atoms with van der Waals surface area (Å²) in [6.07, 6.45) is 3.03. The zero-order valence-corrected chi connectivity index (χ0v) is 8.28. The third-order valence-corrected chi connectivity index (χ3v) is 1.24. The number of ether oxygens (including phenoxy) is 3. The lowest BCUT2D eigenvalue weighted by atomic mass is 10.5. The molecule has 76 valence electrons. The van der Waals surface area contributed by atoms with Crippen LogP contribution in [0.25, 0.3) is 0 Å². The molecule has 1 unspecified atom stereocenters. The van der Waals surface area contributed by atoms with Gasteiger partial charge in [0.25, 0.3) is 0 Å². The van der Waals surface area contributed by atoms with Crippen molar-refractivity contribution in [2.45, 2.75) is 20.1 Å². The Morgan fingerprint density at radius 1 is 1.54 bits per heavy atom. The highest BCUT2D eigenvalue weighted by Gasteiger charge is 1.98. The topological polar surface area (TPSA) is 44.8 Å². The van der Waals surface area contributed by atoms with Crippen LogP contribution in [0.1, 0.15) is 13.8 Å². The number of hydrogen-bond acceptors (Lipinski definition) is 4. The fourth-order valence-electron chi connectivity index (χ4n) is 0.699. The van der Waals surface area contributed by atoms with E-state index in [1.54, 1.807) is 19.3 Å². The summed E-state index contributed by atoms with van der Waals surface area (Å²) in [5, 5.41) is 0. The largest absolute Gasteiger partial charge is 0.462 e. The Hall–Kier alpha value is -0.870. The van der Waals surface area contributed by atoms with Crippen molar-refractivity contribution in [2.24, 2.45) is 0 Å². The second kappa shape index (κ2) is 7.76. The first-order chi connectivity index (χ1) is 6.20. The summed E-state index contributed by atoms with van der Waals surface area (Å²) >= 11 is 0. The van der Waals surface area contributed by atoms with E-state index in [1.807, 2.05) is 6.92 Å². The number of carbonyl (C=O) groups is 1. The molecular formula is C9H16O4. The lowest BCUT2D eigenvalue weighted by Gasteiger charge is -2.09. The quantitative estimate of drug-likeness (QED) is 0.356. The van der Waals surface area contributed by atoms with Crippen molar-refractivity contribution in [3.05, 3.63) is 12.2 Å². The molecule has 0 amide bonds. The Morgan fingerprint density at radius 3 is 2.69 bits per heavy atom. The summed E-state index contributed by atoms with van der Waals surface area (Å²) in [6, 6.07) is 0. The molecule has 0 saturated carbocycles. The average Bonchev–Trinajstić information content (AvgIpc) is 2.10. The van der Waals surface area contributed by atoms with Crippen molar-refractivity contribution in [3.63, 3.8) is 0 Å². The molecule has 0 N–H and O–H groups in total. The molecular weight excluding hydrogens is 172 g/mol. The van der Waals surface area contributed by atoms with Crippen LogP contribution in [0.4, 0.5) is 0 Å². The highest BCUT2D eigenvalue weighted by molar-refractivity contribution is 5.65. The summed E-state index contributed by atoms with van der Waals surface area (Å²) in [7, 11) is 1.55. The van der Waals surface area contributed by atoms with Gasteiger partial charge in [-0.2, -0.15) is 0 Å². The van der Waals surface area contributed by atoms with Crippen molar-refractivity contribution < 1.29 is 19.0 Å². The molecule has 0 aliphatic rings.